The first-order valence-corrected chi connectivity index (χ1v) is 7.79. The Labute approximate surface area is 141 Å². The Hall–Kier alpha value is -1.79. The molecule has 0 amide bonds. The second-order valence-electron chi connectivity index (χ2n) is 4.87. The number of imidazole rings is 1. The Balaban J connectivity index is 1.92. The standard InChI is InChI=1S/C15H14BrClN4O/c1-20(9-10-3-5-11(22-2)6-4-10)12-7-14(17)19-21-13(16)8-18-15(12)21/h3-8H,9H2,1-2H3. The molecule has 3 rings (SSSR count). The maximum Gasteiger partial charge on any atom is 0.178 e. The van der Waals surface area contributed by atoms with Gasteiger partial charge in [0.15, 0.2) is 10.8 Å². The zero-order valence-corrected chi connectivity index (χ0v) is 14.5. The van der Waals surface area contributed by atoms with Crippen molar-refractivity contribution >= 4 is 38.9 Å². The summed E-state index contributed by atoms with van der Waals surface area (Å²) >= 11 is 9.53. The van der Waals surface area contributed by atoms with Gasteiger partial charge in [0.1, 0.15) is 10.4 Å². The van der Waals surface area contributed by atoms with Crippen molar-refractivity contribution in [2.24, 2.45) is 0 Å². The summed E-state index contributed by atoms with van der Waals surface area (Å²) in [6, 6.07) is 9.79. The number of ether oxygens (including phenoxy) is 1. The van der Waals surface area contributed by atoms with E-state index in [1.165, 1.54) is 5.56 Å². The molecule has 0 aliphatic rings. The van der Waals surface area contributed by atoms with Crippen LogP contribution in [0.5, 0.6) is 5.75 Å². The summed E-state index contributed by atoms with van der Waals surface area (Å²) in [5.74, 6) is 0.845. The van der Waals surface area contributed by atoms with E-state index in [0.717, 1.165) is 28.2 Å². The number of rotatable bonds is 4. The molecule has 5 nitrogen and oxygen atoms in total. The average molecular weight is 382 g/mol. The molecule has 0 saturated carbocycles. The van der Waals surface area contributed by atoms with Crippen LogP contribution in [0.3, 0.4) is 0 Å². The average Bonchev–Trinajstić information content (AvgIpc) is 2.88. The largest absolute Gasteiger partial charge is 0.497 e. The number of fused-ring (bicyclic) bond motifs is 1. The van der Waals surface area contributed by atoms with Crippen LogP contribution in [0.4, 0.5) is 5.69 Å². The van der Waals surface area contributed by atoms with Crippen molar-refractivity contribution < 1.29 is 4.74 Å². The van der Waals surface area contributed by atoms with Crippen LogP contribution >= 0.6 is 27.5 Å². The van der Waals surface area contributed by atoms with Gasteiger partial charge in [0, 0.05) is 19.7 Å². The Kier molecular flexibility index (Phi) is 4.22. The van der Waals surface area contributed by atoms with E-state index in [4.69, 9.17) is 16.3 Å². The third-order valence-electron chi connectivity index (χ3n) is 3.37. The molecule has 1 aromatic carbocycles. The van der Waals surface area contributed by atoms with Crippen molar-refractivity contribution in [1.29, 1.82) is 0 Å². The van der Waals surface area contributed by atoms with E-state index < -0.39 is 0 Å². The fraction of sp³-hybridized carbons (Fsp3) is 0.200. The number of nitrogens with zero attached hydrogens (tertiary/aromatic N) is 4. The fourth-order valence-electron chi connectivity index (χ4n) is 2.27. The highest BCUT2D eigenvalue weighted by Gasteiger charge is 2.13. The number of hydrogen-bond acceptors (Lipinski definition) is 4. The fourth-order valence-corrected chi connectivity index (χ4v) is 2.80. The number of halogens is 2. The molecule has 0 radical (unpaired) electrons. The van der Waals surface area contributed by atoms with Crippen LogP contribution in [0, 0.1) is 0 Å². The van der Waals surface area contributed by atoms with Gasteiger partial charge in [0.2, 0.25) is 0 Å². The van der Waals surface area contributed by atoms with Gasteiger partial charge in [-0.15, -0.1) is 0 Å². The molecule has 3 aromatic rings. The van der Waals surface area contributed by atoms with Gasteiger partial charge >= 0.3 is 0 Å². The minimum atomic E-state index is 0.419. The summed E-state index contributed by atoms with van der Waals surface area (Å²) in [4.78, 5) is 6.47. The third-order valence-corrected chi connectivity index (χ3v) is 4.09. The summed E-state index contributed by atoms with van der Waals surface area (Å²) in [6.45, 7) is 0.727. The van der Waals surface area contributed by atoms with Crippen molar-refractivity contribution in [3.63, 3.8) is 0 Å². The summed E-state index contributed by atoms with van der Waals surface area (Å²) in [7, 11) is 3.66. The minimum Gasteiger partial charge on any atom is -0.497 e. The highest BCUT2D eigenvalue weighted by molar-refractivity contribution is 9.10. The normalized spacial score (nSPS) is 10.9. The Bertz CT molecular complexity index is 803. The lowest BCUT2D eigenvalue weighted by molar-refractivity contribution is 0.414. The van der Waals surface area contributed by atoms with Gasteiger partial charge in [-0.25, -0.2) is 9.50 Å². The molecule has 114 valence electrons. The quantitative estimate of drug-likeness (QED) is 0.689. The Morgan fingerprint density at radius 3 is 2.73 bits per heavy atom. The maximum atomic E-state index is 6.12. The number of aromatic nitrogens is 3. The summed E-state index contributed by atoms with van der Waals surface area (Å²) in [5, 5.41) is 4.66. The minimum absolute atomic E-state index is 0.419. The SMILES string of the molecule is COc1ccc(CN(C)c2cc(Cl)nn3c(Br)cnc23)cc1. The summed E-state index contributed by atoms with van der Waals surface area (Å²) < 4.78 is 7.63. The van der Waals surface area contributed by atoms with Gasteiger partial charge < -0.3 is 9.64 Å². The van der Waals surface area contributed by atoms with Crippen molar-refractivity contribution in [3.05, 3.63) is 51.8 Å². The molecule has 2 heterocycles. The molecule has 2 aromatic heterocycles. The van der Waals surface area contributed by atoms with Crippen LogP contribution in [0.2, 0.25) is 5.15 Å². The molecule has 0 aliphatic heterocycles. The molecule has 0 unspecified atom stereocenters. The third kappa shape index (κ3) is 2.89. The highest BCUT2D eigenvalue weighted by Crippen LogP contribution is 2.26. The molecule has 0 saturated heterocycles. The molecular formula is C15H14BrClN4O. The first kappa shape index (κ1) is 15.1. The molecular weight excluding hydrogens is 368 g/mol. The molecule has 0 fully saturated rings. The summed E-state index contributed by atoms with van der Waals surface area (Å²) in [5.41, 5.74) is 2.84. The van der Waals surface area contributed by atoms with E-state index in [-0.39, 0.29) is 0 Å². The second kappa shape index (κ2) is 6.14. The molecule has 0 aliphatic carbocycles. The molecule has 7 heteroatoms. The van der Waals surface area contributed by atoms with Crippen LogP contribution < -0.4 is 9.64 Å². The van der Waals surface area contributed by atoms with E-state index in [1.54, 1.807) is 17.8 Å². The first-order chi connectivity index (χ1) is 10.6. The van der Waals surface area contributed by atoms with Crippen molar-refractivity contribution in [3.8, 4) is 5.75 Å². The number of benzene rings is 1. The van der Waals surface area contributed by atoms with Crippen LogP contribution in [0.25, 0.3) is 5.65 Å². The van der Waals surface area contributed by atoms with Gasteiger partial charge in [-0.2, -0.15) is 5.10 Å². The van der Waals surface area contributed by atoms with E-state index >= 15 is 0 Å². The van der Waals surface area contributed by atoms with Crippen molar-refractivity contribution in [2.75, 3.05) is 19.1 Å². The highest BCUT2D eigenvalue weighted by atomic mass is 79.9. The number of methoxy groups -OCH3 is 1. The lowest BCUT2D eigenvalue weighted by Crippen LogP contribution is -2.18. The molecule has 0 bridgehead atoms. The van der Waals surface area contributed by atoms with Gasteiger partial charge in [0.05, 0.1) is 19.0 Å². The zero-order valence-electron chi connectivity index (χ0n) is 12.1. The molecule has 0 N–H and O–H groups in total. The van der Waals surface area contributed by atoms with Gasteiger partial charge in [-0.3, -0.25) is 0 Å². The monoisotopic (exact) mass is 380 g/mol. The lowest BCUT2D eigenvalue weighted by Gasteiger charge is -2.20. The molecule has 0 spiro atoms. The van der Waals surface area contributed by atoms with Crippen molar-refractivity contribution in [2.45, 2.75) is 6.54 Å². The number of hydrogen-bond donors (Lipinski definition) is 0. The van der Waals surface area contributed by atoms with E-state index in [1.807, 2.05) is 37.4 Å². The lowest BCUT2D eigenvalue weighted by atomic mass is 10.2. The Morgan fingerprint density at radius 2 is 2.05 bits per heavy atom. The van der Waals surface area contributed by atoms with E-state index in [2.05, 4.69) is 30.9 Å². The predicted octanol–water partition coefficient (Wildman–Crippen LogP) is 3.79. The predicted molar refractivity (Wildman–Crippen MR) is 90.8 cm³/mol. The topological polar surface area (TPSA) is 42.7 Å². The van der Waals surface area contributed by atoms with Crippen LogP contribution in [0.1, 0.15) is 5.56 Å². The zero-order chi connectivity index (χ0) is 15.7. The van der Waals surface area contributed by atoms with Gasteiger partial charge in [-0.1, -0.05) is 23.7 Å². The van der Waals surface area contributed by atoms with Crippen molar-refractivity contribution in [1.82, 2.24) is 14.6 Å². The second-order valence-corrected chi connectivity index (χ2v) is 6.07. The van der Waals surface area contributed by atoms with Gasteiger partial charge in [-0.05, 0) is 33.6 Å². The smallest absolute Gasteiger partial charge is 0.178 e. The molecule has 0 atom stereocenters. The van der Waals surface area contributed by atoms with Crippen LogP contribution in [-0.2, 0) is 6.54 Å². The molecule has 22 heavy (non-hydrogen) atoms. The van der Waals surface area contributed by atoms with Gasteiger partial charge in [0.25, 0.3) is 0 Å². The number of anilines is 1. The van der Waals surface area contributed by atoms with Crippen LogP contribution in [-0.4, -0.2) is 28.8 Å². The Morgan fingerprint density at radius 1 is 1.32 bits per heavy atom. The first-order valence-electron chi connectivity index (χ1n) is 6.62. The van der Waals surface area contributed by atoms with E-state index in [9.17, 15) is 0 Å². The maximum absolute atomic E-state index is 6.12. The van der Waals surface area contributed by atoms with E-state index in [0.29, 0.717) is 5.15 Å². The van der Waals surface area contributed by atoms with Crippen LogP contribution in [0.15, 0.2) is 41.1 Å². The summed E-state index contributed by atoms with van der Waals surface area (Å²) in [6.07, 6.45) is 1.71.